The molecule has 8 nitrogen and oxygen atoms in total. The van der Waals surface area contributed by atoms with Crippen LogP contribution in [0.1, 0.15) is 61.8 Å². The number of hydrogen-bond donors (Lipinski definition) is 1. The molecule has 3 aliphatic heterocycles. The van der Waals surface area contributed by atoms with Crippen LogP contribution in [0.25, 0.3) is 11.1 Å². The van der Waals surface area contributed by atoms with Crippen molar-refractivity contribution in [1.29, 1.82) is 0 Å². The summed E-state index contributed by atoms with van der Waals surface area (Å²) in [5.41, 5.74) is 6.68. The van der Waals surface area contributed by atoms with Gasteiger partial charge in [0.05, 0.1) is 49.7 Å². The smallest absolute Gasteiger partial charge is 0.261 e. The zero-order valence-corrected chi connectivity index (χ0v) is 25.0. The van der Waals surface area contributed by atoms with Gasteiger partial charge in [-0.15, -0.1) is 0 Å². The van der Waals surface area contributed by atoms with Crippen molar-refractivity contribution in [2.75, 3.05) is 32.8 Å². The number of carbonyl (C=O) groups is 2. The third-order valence-electron chi connectivity index (χ3n) is 8.84. The van der Waals surface area contributed by atoms with Crippen LogP contribution < -0.4 is 0 Å². The Morgan fingerprint density at radius 3 is 2.09 bits per heavy atom. The Morgan fingerprint density at radius 1 is 0.711 bits per heavy atom. The molecular formula is C37H36N2O6. The van der Waals surface area contributed by atoms with Gasteiger partial charge in [0, 0.05) is 31.6 Å². The first-order chi connectivity index (χ1) is 22.1. The fraction of sp³-hybridized carbons (Fsp3) is 0.297. The van der Waals surface area contributed by atoms with Gasteiger partial charge in [-0.3, -0.25) is 19.4 Å². The minimum Gasteiger partial charge on any atom is -0.392 e. The molecule has 2 saturated heterocycles. The van der Waals surface area contributed by atoms with Crippen LogP contribution in [0, 0.1) is 0 Å². The lowest BCUT2D eigenvalue weighted by molar-refractivity contribution is -0.253. The molecule has 230 valence electrons. The van der Waals surface area contributed by atoms with Gasteiger partial charge in [-0.2, -0.15) is 0 Å². The normalized spacial score (nSPS) is 22.1. The predicted molar refractivity (Wildman–Crippen MR) is 168 cm³/mol. The zero-order chi connectivity index (χ0) is 30.8. The second-order valence-corrected chi connectivity index (χ2v) is 11.8. The molecule has 8 heteroatoms. The highest BCUT2D eigenvalue weighted by Gasteiger charge is 2.35. The Labute approximate surface area is 262 Å². The maximum absolute atomic E-state index is 12.9. The van der Waals surface area contributed by atoms with E-state index in [1.165, 1.54) is 4.90 Å². The highest BCUT2D eigenvalue weighted by atomic mass is 16.7. The van der Waals surface area contributed by atoms with Crippen molar-refractivity contribution in [3.05, 3.63) is 130 Å². The van der Waals surface area contributed by atoms with Gasteiger partial charge in [0.1, 0.15) is 0 Å². The minimum atomic E-state index is -0.526. The maximum Gasteiger partial charge on any atom is 0.261 e. The van der Waals surface area contributed by atoms with E-state index in [0.717, 1.165) is 72.6 Å². The molecule has 0 aromatic heterocycles. The van der Waals surface area contributed by atoms with E-state index < -0.39 is 6.29 Å². The van der Waals surface area contributed by atoms with Crippen LogP contribution in [0.4, 0.5) is 0 Å². The molecule has 4 aromatic rings. The third-order valence-corrected chi connectivity index (χ3v) is 8.84. The van der Waals surface area contributed by atoms with Crippen molar-refractivity contribution in [2.45, 2.75) is 38.1 Å². The van der Waals surface area contributed by atoms with Gasteiger partial charge >= 0.3 is 0 Å². The van der Waals surface area contributed by atoms with Gasteiger partial charge < -0.3 is 19.3 Å². The molecule has 0 aliphatic carbocycles. The maximum atomic E-state index is 12.9. The highest BCUT2D eigenvalue weighted by Crippen LogP contribution is 2.39. The van der Waals surface area contributed by atoms with Gasteiger partial charge in [0.25, 0.3) is 11.8 Å². The first kappa shape index (κ1) is 29.5. The fourth-order valence-corrected chi connectivity index (χ4v) is 6.35. The number of fused-ring (bicyclic) bond motifs is 1. The van der Waals surface area contributed by atoms with Crippen LogP contribution in [0.2, 0.25) is 0 Å². The summed E-state index contributed by atoms with van der Waals surface area (Å²) in [7, 11) is 0. The topological polar surface area (TPSA) is 88.5 Å². The molecule has 4 aromatic carbocycles. The molecule has 7 rings (SSSR count). The number of carbonyl (C=O) groups excluding carboxylic acids is 2. The first-order valence-electron chi connectivity index (χ1n) is 15.5. The molecule has 0 bridgehead atoms. The molecule has 1 N–H and O–H groups in total. The second kappa shape index (κ2) is 13.0. The van der Waals surface area contributed by atoms with Crippen molar-refractivity contribution in [3.63, 3.8) is 0 Å². The molecule has 0 radical (unpaired) electrons. The highest BCUT2D eigenvalue weighted by molar-refractivity contribution is 6.21. The lowest BCUT2D eigenvalue weighted by atomic mass is 9.99. The van der Waals surface area contributed by atoms with Crippen molar-refractivity contribution < 1.29 is 28.9 Å². The van der Waals surface area contributed by atoms with Crippen LogP contribution >= 0.6 is 0 Å². The Hall–Kier alpha value is -4.18. The largest absolute Gasteiger partial charge is 0.392 e. The van der Waals surface area contributed by atoms with E-state index in [2.05, 4.69) is 17.0 Å². The van der Waals surface area contributed by atoms with E-state index in [0.29, 0.717) is 11.1 Å². The average molecular weight is 605 g/mol. The Bertz CT molecular complexity index is 1630. The molecule has 3 aliphatic rings. The van der Waals surface area contributed by atoms with E-state index in [4.69, 9.17) is 14.2 Å². The molecule has 0 saturated carbocycles. The number of aliphatic hydroxyl groups excluding tert-OH is 1. The third kappa shape index (κ3) is 6.33. The minimum absolute atomic E-state index is 0.00915. The standard InChI is InChI=1S/C37H36N2O6/c40-24-25-8-10-28(11-9-25)34-21-31(23-38-16-18-43-19-17-38)44-37(45-34)29-14-12-27(13-15-29)30-5-3-4-26(20-30)22-39-35(41)32-6-1-2-7-33(32)36(39)42/h1-15,20,31,34,37,40H,16-19,21-24H2/t31-,34+,37+/m0/s1. The number of rotatable bonds is 8. The van der Waals surface area contributed by atoms with Gasteiger partial charge in [-0.05, 0) is 46.0 Å². The molecule has 3 heterocycles. The van der Waals surface area contributed by atoms with E-state index >= 15 is 0 Å². The van der Waals surface area contributed by atoms with E-state index in [-0.39, 0.29) is 37.2 Å². The lowest BCUT2D eigenvalue weighted by Gasteiger charge is -2.39. The number of nitrogens with zero attached hydrogens (tertiary/aromatic N) is 2. The summed E-state index contributed by atoms with van der Waals surface area (Å²) in [6.07, 6.45) is 0.0649. The van der Waals surface area contributed by atoms with Crippen LogP contribution in [0.15, 0.2) is 97.1 Å². The van der Waals surface area contributed by atoms with Crippen molar-refractivity contribution in [3.8, 4) is 11.1 Å². The van der Waals surface area contributed by atoms with Crippen LogP contribution in [0.5, 0.6) is 0 Å². The number of imide groups is 1. The van der Waals surface area contributed by atoms with Crippen molar-refractivity contribution in [1.82, 2.24) is 9.80 Å². The van der Waals surface area contributed by atoms with Crippen LogP contribution in [0.3, 0.4) is 0 Å². The summed E-state index contributed by atoms with van der Waals surface area (Å²) in [6, 6.07) is 31.0. The molecule has 3 atom stereocenters. The van der Waals surface area contributed by atoms with Gasteiger partial charge in [0.15, 0.2) is 6.29 Å². The second-order valence-electron chi connectivity index (χ2n) is 11.8. The van der Waals surface area contributed by atoms with Gasteiger partial charge in [0.2, 0.25) is 0 Å². The Balaban J connectivity index is 1.08. The van der Waals surface area contributed by atoms with Gasteiger partial charge in [-0.1, -0.05) is 78.9 Å². The summed E-state index contributed by atoms with van der Waals surface area (Å²) in [4.78, 5) is 29.5. The Kier molecular flexibility index (Phi) is 8.56. The van der Waals surface area contributed by atoms with Crippen LogP contribution in [-0.4, -0.2) is 65.7 Å². The van der Waals surface area contributed by atoms with E-state index in [1.807, 2.05) is 60.7 Å². The summed E-state index contributed by atoms with van der Waals surface area (Å²) < 4.78 is 18.6. The quantitative estimate of drug-likeness (QED) is 0.265. The van der Waals surface area contributed by atoms with Gasteiger partial charge in [-0.25, -0.2) is 0 Å². The number of morpholine rings is 1. The number of ether oxygens (including phenoxy) is 3. The number of amides is 2. The lowest BCUT2D eigenvalue weighted by Crippen LogP contribution is -2.44. The molecule has 0 spiro atoms. The molecule has 2 amide bonds. The van der Waals surface area contributed by atoms with E-state index in [1.54, 1.807) is 24.3 Å². The van der Waals surface area contributed by atoms with Crippen LogP contribution in [-0.2, 0) is 27.4 Å². The molecule has 2 fully saturated rings. The monoisotopic (exact) mass is 604 g/mol. The van der Waals surface area contributed by atoms with E-state index in [9.17, 15) is 14.7 Å². The Morgan fingerprint density at radius 2 is 1.40 bits per heavy atom. The molecular weight excluding hydrogens is 568 g/mol. The molecule has 45 heavy (non-hydrogen) atoms. The SMILES string of the molecule is O=C1c2ccccc2C(=O)N1Cc1cccc(-c2ccc([C@@H]3O[C@H](CN4CCOCC4)C[C@H](c4ccc(CO)cc4)O3)cc2)c1. The summed E-state index contributed by atoms with van der Waals surface area (Å²) in [5.74, 6) is -0.514. The molecule has 0 unspecified atom stereocenters. The summed E-state index contributed by atoms with van der Waals surface area (Å²) in [5, 5.41) is 9.50. The first-order valence-corrected chi connectivity index (χ1v) is 15.5. The number of aliphatic hydroxyl groups is 1. The summed E-state index contributed by atoms with van der Waals surface area (Å²) in [6.45, 7) is 4.29. The zero-order valence-electron chi connectivity index (χ0n) is 25.0. The number of hydrogen-bond acceptors (Lipinski definition) is 7. The average Bonchev–Trinajstić information content (AvgIpc) is 3.33. The van der Waals surface area contributed by atoms with Crippen molar-refractivity contribution >= 4 is 11.8 Å². The number of benzene rings is 4. The fourth-order valence-electron chi connectivity index (χ4n) is 6.35. The van der Waals surface area contributed by atoms with Crippen molar-refractivity contribution in [2.24, 2.45) is 0 Å². The predicted octanol–water partition coefficient (Wildman–Crippen LogP) is 5.52. The summed E-state index contributed by atoms with van der Waals surface area (Å²) >= 11 is 0.